The van der Waals surface area contributed by atoms with Gasteiger partial charge in [0.05, 0.1) is 14.2 Å². The number of hydrogen-bond acceptors (Lipinski definition) is 4. The van der Waals surface area contributed by atoms with Crippen molar-refractivity contribution in [3.05, 3.63) is 59.2 Å². The molecule has 1 aliphatic rings. The average Bonchev–Trinajstić information content (AvgIpc) is 3.15. The molecule has 0 spiro atoms. The van der Waals surface area contributed by atoms with Crippen LogP contribution >= 0.6 is 11.8 Å². The van der Waals surface area contributed by atoms with Gasteiger partial charge < -0.3 is 14.4 Å². The van der Waals surface area contributed by atoms with Crippen LogP contribution in [0.5, 0.6) is 11.5 Å². The zero-order valence-electron chi connectivity index (χ0n) is 16.6. The first-order valence-electron chi connectivity index (χ1n) is 9.10. The van der Waals surface area contributed by atoms with Crippen LogP contribution in [0.15, 0.2) is 42.5 Å². The highest BCUT2D eigenvalue weighted by molar-refractivity contribution is 7.99. The number of ether oxygens (including phenoxy) is 2. The number of benzene rings is 2. The third-order valence-electron chi connectivity index (χ3n) is 4.85. The van der Waals surface area contributed by atoms with Crippen LogP contribution in [0.1, 0.15) is 47.6 Å². The molecule has 1 fully saturated rings. The van der Waals surface area contributed by atoms with Gasteiger partial charge >= 0.3 is 0 Å². The molecule has 0 radical (unpaired) electrons. The Morgan fingerprint density at radius 1 is 1.07 bits per heavy atom. The third kappa shape index (κ3) is 4.08. The van der Waals surface area contributed by atoms with E-state index in [4.69, 9.17) is 9.47 Å². The first-order valence-corrected chi connectivity index (χ1v) is 10.1. The third-order valence-corrected chi connectivity index (χ3v) is 6.10. The molecule has 0 N–H and O–H groups in total. The van der Waals surface area contributed by atoms with Crippen LogP contribution in [0, 0.1) is 0 Å². The Bertz CT molecular complexity index is 811. The maximum atomic E-state index is 13.2. The summed E-state index contributed by atoms with van der Waals surface area (Å²) in [5, 5.41) is -0.0788. The van der Waals surface area contributed by atoms with Crippen molar-refractivity contribution in [1.29, 1.82) is 0 Å². The zero-order chi connectivity index (χ0) is 19.6. The quantitative estimate of drug-likeness (QED) is 0.751. The Hall–Kier alpha value is -2.14. The lowest BCUT2D eigenvalue weighted by Crippen LogP contribution is -2.30. The standard InChI is InChI=1S/C22H27NO3S/c1-22(2,3)16-8-6-15(7-9-16)20(24)23-12-13-27-21(23)18-14-17(25-4)10-11-19(18)26-5/h6-11,14,21H,12-13H2,1-5H3/t21-/m0/s1. The Labute approximate surface area is 165 Å². The summed E-state index contributed by atoms with van der Waals surface area (Å²) in [6, 6.07) is 13.7. The lowest BCUT2D eigenvalue weighted by Gasteiger charge is -2.26. The predicted molar refractivity (Wildman–Crippen MR) is 111 cm³/mol. The predicted octanol–water partition coefficient (Wildman–Crippen LogP) is 4.89. The molecule has 3 rings (SSSR count). The Morgan fingerprint density at radius 2 is 1.78 bits per heavy atom. The lowest BCUT2D eigenvalue weighted by atomic mass is 9.86. The number of thioether (sulfide) groups is 1. The first kappa shape index (κ1) is 19.6. The SMILES string of the molecule is COc1ccc(OC)c([C@@H]2SCCN2C(=O)c2ccc(C(C)(C)C)cc2)c1. The molecule has 2 aromatic rings. The van der Waals surface area contributed by atoms with Crippen molar-refractivity contribution < 1.29 is 14.3 Å². The topological polar surface area (TPSA) is 38.8 Å². The van der Waals surface area contributed by atoms with Gasteiger partial charge in [-0.2, -0.15) is 0 Å². The second-order valence-corrected chi connectivity index (χ2v) is 8.85. The van der Waals surface area contributed by atoms with Gasteiger partial charge in [0.25, 0.3) is 5.91 Å². The monoisotopic (exact) mass is 385 g/mol. The summed E-state index contributed by atoms with van der Waals surface area (Å²) in [7, 11) is 3.30. The molecule has 1 heterocycles. The van der Waals surface area contributed by atoms with Crippen LogP contribution in [0.4, 0.5) is 0 Å². The highest BCUT2D eigenvalue weighted by Gasteiger charge is 2.33. The van der Waals surface area contributed by atoms with Gasteiger partial charge in [0.1, 0.15) is 16.9 Å². The van der Waals surface area contributed by atoms with E-state index in [1.54, 1.807) is 26.0 Å². The summed E-state index contributed by atoms with van der Waals surface area (Å²) < 4.78 is 10.9. The normalized spacial score (nSPS) is 17.1. The minimum absolute atomic E-state index is 0.0512. The fourth-order valence-corrected chi connectivity index (χ4v) is 4.52. The van der Waals surface area contributed by atoms with E-state index in [1.165, 1.54) is 5.56 Å². The molecule has 0 unspecified atom stereocenters. The van der Waals surface area contributed by atoms with Gasteiger partial charge in [-0.05, 0) is 41.3 Å². The van der Waals surface area contributed by atoms with Crippen LogP contribution in [0.2, 0.25) is 0 Å². The van der Waals surface area contributed by atoms with Gasteiger partial charge in [-0.1, -0.05) is 32.9 Å². The van der Waals surface area contributed by atoms with Crippen molar-refractivity contribution in [1.82, 2.24) is 4.90 Å². The van der Waals surface area contributed by atoms with Crippen molar-refractivity contribution in [2.75, 3.05) is 26.5 Å². The molecule has 4 nitrogen and oxygen atoms in total. The molecule has 2 aromatic carbocycles. The second-order valence-electron chi connectivity index (χ2n) is 7.66. The molecule has 0 aliphatic carbocycles. The van der Waals surface area contributed by atoms with Crippen molar-refractivity contribution in [2.45, 2.75) is 31.6 Å². The maximum absolute atomic E-state index is 13.2. The molecule has 1 saturated heterocycles. The van der Waals surface area contributed by atoms with Crippen molar-refractivity contribution in [2.24, 2.45) is 0 Å². The average molecular weight is 386 g/mol. The fraction of sp³-hybridized carbons (Fsp3) is 0.409. The highest BCUT2D eigenvalue weighted by atomic mass is 32.2. The molecule has 5 heteroatoms. The van der Waals surface area contributed by atoms with Crippen LogP contribution < -0.4 is 9.47 Å². The number of carbonyl (C=O) groups excluding carboxylic acids is 1. The summed E-state index contributed by atoms with van der Waals surface area (Å²) in [4.78, 5) is 15.1. The molecule has 0 bridgehead atoms. The largest absolute Gasteiger partial charge is 0.497 e. The number of hydrogen-bond donors (Lipinski definition) is 0. The van der Waals surface area contributed by atoms with Crippen LogP contribution in [0.25, 0.3) is 0 Å². The van der Waals surface area contributed by atoms with E-state index in [2.05, 4.69) is 32.9 Å². The van der Waals surface area contributed by atoms with Gasteiger partial charge in [-0.25, -0.2) is 0 Å². The molecule has 1 aliphatic heterocycles. The summed E-state index contributed by atoms with van der Waals surface area (Å²) in [5.41, 5.74) is 2.99. The molecular formula is C22H27NO3S. The van der Waals surface area contributed by atoms with E-state index in [0.717, 1.165) is 34.9 Å². The van der Waals surface area contributed by atoms with Crippen molar-refractivity contribution in [3.8, 4) is 11.5 Å². The molecule has 0 aromatic heterocycles. The molecule has 0 saturated carbocycles. The molecule has 27 heavy (non-hydrogen) atoms. The highest BCUT2D eigenvalue weighted by Crippen LogP contribution is 2.43. The van der Waals surface area contributed by atoms with Crippen molar-refractivity contribution >= 4 is 17.7 Å². The van der Waals surface area contributed by atoms with Gasteiger partial charge in [-0.15, -0.1) is 11.8 Å². The molecule has 144 valence electrons. The van der Waals surface area contributed by atoms with Crippen molar-refractivity contribution in [3.63, 3.8) is 0 Å². The van der Waals surface area contributed by atoms with Gasteiger partial charge in [-0.3, -0.25) is 4.79 Å². The summed E-state index contributed by atoms with van der Waals surface area (Å²) in [6.07, 6.45) is 0. The Balaban J connectivity index is 1.89. The minimum Gasteiger partial charge on any atom is -0.497 e. The van der Waals surface area contributed by atoms with Gasteiger partial charge in [0.15, 0.2) is 0 Å². The fourth-order valence-electron chi connectivity index (χ4n) is 3.25. The molecule has 1 atom stereocenters. The van der Waals surface area contributed by atoms with Gasteiger partial charge in [0.2, 0.25) is 0 Å². The zero-order valence-corrected chi connectivity index (χ0v) is 17.4. The summed E-state index contributed by atoms with van der Waals surface area (Å²) in [6.45, 7) is 7.24. The smallest absolute Gasteiger partial charge is 0.255 e. The van der Waals surface area contributed by atoms with E-state index in [1.807, 2.05) is 35.2 Å². The van der Waals surface area contributed by atoms with E-state index in [9.17, 15) is 4.79 Å². The van der Waals surface area contributed by atoms with Crippen LogP contribution in [-0.2, 0) is 5.41 Å². The van der Waals surface area contributed by atoms with Crippen LogP contribution in [0.3, 0.4) is 0 Å². The summed E-state index contributed by atoms with van der Waals surface area (Å²) in [5.74, 6) is 2.49. The Kier molecular flexibility index (Phi) is 5.70. The number of rotatable bonds is 4. The number of carbonyl (C=O) groups is 1. The second kappa shape index (κ2) is 7.85. The Morgan fingerprint density at radius 3 is 2.37 bits per heavy atom. The first-order chi connectivity index (χ1) is 12.8. The van der Waals surface area contributed by atoms with E-state index in [0.29, 0.717) is 0 Å². The molecule has 1 amide bonds. The number of amides is 1. The molecular weight excluding hydrogens is 358 g/mol. The van der Waals surface area contributed by atoms with E-state index >= 15 is 0 Å². The maximum Gasteiger partial charge on any atom is 0.255 e. The number of nitrogens with zero attached hydrogens (tertiary/aromatic N) is 1. The minimum atomic E-state index is -0.0788. The van der Waals surface area contributed by atoms with Gasteiger partial charge in [0, 0.05) is 23.4 Å². The summed E-state index contributed by atoms with van der Waals surface area (Å²) >= 11 is 1.75. The van der Waals surface area contributed by atoms with E-state index < -0.39 is 0 Å². The number of methoxy groups -OCH3 is 2. The van der Waals surface area contributed by atoms with E-state index in [-0.39, 0.29) is 16.7 Å². The lowest BCUT2D eigenvalue weighted by molar-refractivity contribution is 0.0759. The van der Waals surface area contributed by atoms with Crippen LogP contribution in [-0.4, -0.2) is 37.3 Å².